The summed E-state index contributed by atoms with van der Waals surface area (Å²) in [5.41, 5.74) is 0.737. The van der Waals surface area contributed by atoms with Gasteiger partial charge in [0.15, 0.2) is 11.5 Å². The summed E-state index contributed by atoms with van der Waals surface area (Å²) in [6, 6.07) is 5.01. The van der Waals surface area contributed by atoms with E-state index < -0.39 is 6.10 Å². The number of pyridine rings is 1. The highest BCUT2D eigenvalue weighted by molar-refractivity contribution is 5.74. The summed E-state index contributed by atoms with van der Waals surface area (Å²) in [4.78, 5) is 12.0. The van der Waals surface area contributed by atoms with Crippen molar-refractivity contribution in [3.05, 3.63) is 30.2 Å². The number of carbonyl (C=O) groups is 1. The predicted molar refractivity (Wildman–Crippen MR) is 88.0 cm³/mol. The van der Waals surface area contributed by atoms with Crippen molar-refractivity contribution in [2.75, 3.05) is 6.54 Å². The lowest BCUT2D eigenvalue weighted by atomic mass is 9.97. The largest absolute Gasteiger partial charge is 0.391 e. The average Bonchev–Trinajstić information content (AvgIpc) is 2.98. The summed E-state index contributed by atoms with van der Waals surface area (Å²) in [6.45, 7) is 6.16. The van der Waals surface area contributed by atoms with E-state index >= 15 is 0 Å². The van der Waals surface area contributed by atoms with Crippen LogP contribution < -0.4 is 10.6 Å². The van der Waals surface area contributed by atoms with Crippen LogP contribution in [-0.4, -0.2) is 38.4 Å². The molecule has 2 amide bonds. The second-order valence-electron chi connectivity index (χ2n) is 5.71. The third-order valence-electron chi connectivity index (χ3n) is 4.14. The summed E-state index contributed by atoms with van der Waals surface area (Å²) in [5.74, 6) is 0.865. The Morgan fingerprint density at radius 3 is 2.74 bits per heavy atom. The molecule has 0 fully saturated rings. The molecule has 3 N–H and O–H groups in total. The summed E-state index contributed by atoms with van der Waals surface area (Å²) < 4.78 is 1.84. The second-order valence-corrected chi connectivity index (χ2v) is 5.71. The zero-order valence-corrected chi connectivity index (χ0v) is 13.9. The van der Waals surface area contributed by atoms with Crippen LogP contribution in [0, 0.1) is 5.92 Å². The minimum atomic E-state index is -0.528. The van der Waals surface area contributed by atoms with Crippen molar-refractivity contribution in [2.45, 2.75) is 45.8 Å². The lowest BCUT2D eigenvalue weighted by molar-refractivity contribution is 0.103. The number of carbonyl (C=O) groups excluding carboxylic acids is 1. The molecule has 0 saturated carbocycles. The fraction of sp³-hybridized carbons (Fsp3) is 0.562. The van der Waals surface area contributed by atoms with Crippen molar-refractivity contribution in [3.63, 3.8) is 0 Å². The molecule has 2 unspecified atom stereocenters. The number of nitrogens with one attached hydrogen (secondary N) is 2. The molecule has 23 heavy (non-hydrogen) atoms. The first-order chi connectivity index (χ1) is 11.1. The van der Waals surface area contributed by atoms with E-state index in [0.717, 1.165) is 18.5 Å². The van der Waals surface area contributed by atoms with Gasteiger partial charge in [-0.1, -0.05) is 32.8 Å². The first kappa shape index (κ1) is 17.2. The van der Waals surface area contributed by atoms with Crippen LogP contribution in [0.1, 0.15) is 45.5 Å². The maximum Gasteiger partial charge on any atom is 0.315 e. The predicted octanol–water partition coefficient (Wildman–Crippen LogP) is 1.89. The Morgan fingerprint density at radius 1 is 1.30 bits per heavy atom. The highest BCUT2D eigenvalue weighted by atomic mass is 16.3. The van der Waals surface area contributed by atoms with Gasteiger partial charge in [-0.3, -0.25) is 4.40 Å². The van der Waals surface area contributed by atoms with E-state index in [1.54, 1.807) is 0 Å². The molecule has 7 nitrogen and oxygen atoms in total. The molecule has 0 aliphatic rings. The molecule has 2 atom stereocenters. The molecule has 7 heteroatoms. The van der Waals surface area contributed by atoms with Crippen molar-refractivity contribution in [1.29, 1.82) is 0 Å². The average molecular weight is 319 g/mol. The molecular weight excluding hydrogens is 294 g/mol. The standard InChI is InChI=1S/C16H25N5O2/c1-4-12(5-2)13(22)10-17-16(23)18-11(3)15-20-19-14-8-6-7-9-21(14)15/h6-9,11-13,22H,4-5,10H2,1-3H3,(H2,17,18,23). The molecule has 2 aromatic heterocycles. The van der Waals surface area contributed by atoms with Gasteiger partial charge < -0.3 is 15.7 Å². The van der Waals surface area contributed by atoms with Crippen molar-refractivity contribution in [3.8, 4) is 0 Å². The number of fused-ring (bicyclic) bond motifs is 1. The van der Waals surface area contributed by atoms with Crippen LogP contribution in [0.5, 0.6) is 0 Å². The maximum atomic E-state index is 12.0. The second kappa shape index (κ2) is 7.92. The zero-order chi connectivity index (χ0) is 16.8. The molecule has 0 bridgehead atoms. The Balaban J connectivity index is 1.90. The highest BCUT2D eigenvalue weighted by Crippen LogP contribution is 2.13. The monoisotopic (exact) mass is 319 g/mol. The van der Waals surface area contributed by atoms with Crippen LogP contribution >= 0.6 is 0 Å². The van der Waals surface area contributed by atoms with E-state index in [0.29, 0.717) is 5.82 Å². The SMILES string of the molecule is CCC(CC)C(O)CNC(=O)NC(C)c1nnc2ccccn12. The van der Waals surface area contributed by atoms with E-state index in [4.69, 9.17) is 0 Å². The maximum absolute atomic E-state index is 12.0. The fourth-order valence-electron chi connectivity index (χ4n) is 2.66. The van der Waals surface area contributed by atoms with E-state index in [1.807, 2.05) is 49.6 Å². The lowest BCUT2D eigenvalue weighted by Gasteiger charge is -2.21. The highest BCUT2D eigenvalue weighted by Gasteiger charge is 2.18. The molecule has 0 aliphatic carbocycles. The van der Waals surface area contributed by atoms with Crippen LogP contribution in [0.3, 0.4) is 0 Å². The molecule has 0 spiro atoms. The third-order valence-corrected chi connectivity index (χ3v) is 4.14. The van der Waals surface area contributed by atoms with Crippen molar-refractivity contribution >= 4 is 11.7 Å². The molecule has 0 radical (unpaired) electrons. The Labute approximate surface area is 136 Å². The lowest BCUT2D eigenvalue weighted by Crippen LogP contribution is -2.42. The first-order valence-corrected chi connectivity index (χ1v) is 8.08. The van der Waals surface area contributed by atoms with Crippen molar-refractivity contribution in [2.24, 2.45) is 5.92 Å². The van der Waals surface area contributed by atoms with Gasteiger partial charge in [-0.05, 0) is 25.0 Å². The molecule has 2 rings (SSSR count). The van der Waals surface area contributed by atoms with E-state index in [2.05, 4.69) is 20.8 Å². The van der Waals surface area contributed by atoms with Gasteiger partial charge in [-0.15, -0.1) is 10.2 Å². The number of aliphatic hydroxyl groups is 1. The fourth-order valence-corrected chi connectivity index (χ4v) is 2.66. The number of hydrogen-bond donors (Lipinski definition) is 3. The summed E-state index contributed by atoms with van der Waals surface area (Å²) in [6.07, 6.45) is 3.11. The van der Waals surface area contributed by atoms with Gasteiger partial charge in [-0.2, -0.15) is 0 Å². The van der Waals surface area contributed by atoms with Crippen molar-refractivity contribution in [1.82, 2.24) is 25.2 Å². The number of urea groups is 1. The molecule has 2 aromatic rings. The van der Waals surface area contributed by atoms with Gasteiger partial charge in [0.1, 0.15) is 0 Å². The molecule has 126 valence electrons. The number of rotatable bonds is 7. The smallest absolute Gasteiger partial charge is 0.315 e. The van der Waals surface area contributed by atoms with Crippen molar-refractivity contribution < 1.29 is 9.90 Å². The van der Waals surface area contributed by atoms with Gasteiger partial charge in [0, 0.05) is 12.7 Å². The van der Waals surface area contributed by atoms with Crippen LogP contribution in [-0.2, 0) is 0 Å². The molecule has 0 saturated heterocycles. The zero-order valence-electron chi connectivity index (χ0n) is 13.9. The van der Waals surface area contributed by atoms with E-state index in [-0.39, 0.29) is 24.5 Å². The van der Waals surface area contributed by atoms with Crippen LogP contribution in [0.25, 0.3) is 5.65 Å². The Morgan fingerprint density at radius 2 is 2.04 bits per heavy atom. The van der Waals surface area contributed by atoms with E-state index in [1.165, 1.54) is 0 Å². The molecule has 0 aromatic carbocycles. The van der Waals surface area contributed by atoms with Crippen LogP contribution in [0.4, 0.5) is 4.79 Å². The molecule has 0 aliphatic heterocycles. The summed E-state index contributed by atoms with van der Waals surface area (Å²) >= 11 is 0. The van der Waals surface area contributed by atoms with Gasteiger partial charge >= 0.3 is 6.03 Å². The Hall–Kier alpha value is -2.15. The minimum absolute atomic E-state index is 0.202. The number of aliphatic hydroxyl groups excluding tert-OH is 1. The Bertz CT molecular complexity index is 638. The summed E-state index contributed by atoms with van der Waals surface area (Å²) in [7, 11) is 0. The number of amides is 2. The van der Waals surface area contributed by atoms with Crippen LogP contribution in [0.15, 0.2) is 24.4 Å². The minimum Gasteiger partial charge on any atom is -0.391 e. The summed E-state index contributed by atoms with van der Waals surface area (Å²) in [5, 5.41) is 23.8. The number of aromatic nitrogens is 3. The van der Waals surface area contributed by atoms with Gasteiger partial charge in [-0.25, -0.2) is 4.79 Å². The number of hydrogen-bond acceptors (Lipinski definition) is 4. The van der Waals surface area contributed by atoms with Crippen LogP contribution in [0.2, 0.25) is 0 Å². The topological polar surface area (TPSA) is 91.5 Å². The molecular formula is C16H25N5O2. The van der Waals surface area contributed by atoms with Gasteiger partial charge in [0.25, 0.3) is 0 Å². The third kappa shape index (κ3) is 4.19. The normalized spacial score (nSPS) is 14.0. The first-order valence-electron chi connectivity index (χ1n) is 8.08. The Kier molecular flexibility index (Phi) is 5.92. The number of nitrogens with zero attached hydrogens (tertiary/aromatic N) is 3. The molecule has 2 heterocycles. The van der Waals surface area contributed by atoms with Gasteiger partial charge in [0.05, 0.1) is 12.1 Å². The van der Waals surface area contributed by atoms with E-state index in [9.17, 15) is 9.90 Å². The quantitative estimate of drug-likeness (QED) is 0.727. The van der Waals surface area contributed by atoms with Gasteiger partial charge in [0.2, 0.25) is 0 Å².